The van der Waals surface area contributed by atoms with Crippen molar-refractivity contribution in [3.05, 3.63) is 35.6 Å². The van der Waals surface area contributed by atoms with E-state index in [4.69, 9.17) is 5.73 Å². The fourth-order valence-corrected chi connectivity index (χ4v) is 1.80. The molecule has 0 amide bonds. The van der Waals surface area contributed by atoms with Gasteiger partial charge in [0.15, 0.2) is 0 Å². The molecule has 0 aliphatic heterocycles. The smallest absolute Gasteiger partial charge is 0.123 e. The van der Waals surface area contributed by atoms with Gasteiger partial charge in [0.1, 0.15) is 5.82 Å². The van der Waals surface area contributed by atoms with Crippen molar-refractivity contribution in [1.82, 2.24) is 0 Å². The zero-order valence-electron chi connectivity index (χ0n) is 8.83. The van der Waals surface area contributed by atoms with Gasteiger partial charge in [-0.2, -0.15) is 0 Å². The number of rotatable bonds is 4. The Labute approximate surface area is 85.1 Å². The fourth-order valence-electron chi connectivity index (χ4n) is 1.80. The lowest BCUT2D eigenvalue weighted by Gasteiger charge is -2.20. The highest BCUT2D eigenvalue weighted by molar-refractivity contribution is 5.21. The van der Waals surface area contributed by atoms with E-state index in [2.05, 4.69) is 13.8 Å². The molecule has 0 aromatic heterocycles. The molecule has 0 saturated heterocycles. The maximum absolute atomic E-state index is 13.0. The Morgan fingerprint density at radius 1 is 1.36 bits per heavy atom. The van der Waals surface area contributed by atoms with Gasteiger partial charge < -0.3 is 5.73 Å². The first-order valence-electron chi connectivity index (χ1n) is 5.10. The van der Waals surface area contributed by atoms with E-state index in [1.807, 2.05) is 6.07 Å². The number of hydrogen-bond donors (Lipinski definition) is 1. The number of benzene rings is 1. The summed E-state index contributed by atoms with van der Waals surface area (Å²) in [4.78, 5) is 0. The summed E-state index contributed by atoms with van der Waals surface area (Å²) in [7, 11) is 0. The Balaban J connectivity index is 2.87. The topological polar surface area (TPSA) is 26.0 Å². The molecule has 0 heterocycles. The summed E-state index contributed by atoms with van der Waals surface area (Å²) in [5, 5.41) is 0. The van der Waals surface area contributed by atoms with Gasteiger partial charge in [-0.15, -0.1) is 0 Å². The number of halogens is 1. The second kappa shape index (κ2) is 5.11. The molecule has 1 aromatic rings. The van der Waals surface area contributed by atoms with Gasteiger partial charge in [-0.25, -0.2) is 4.39 Å². The van der Waals surface area contributed by atoms with Gasteiger partial charge >= 0.3 is 0 Å². The van der Waals surface area contributed by atoms with Crippen LogP contribution in [0.2, 0.25) is 0 Å². The molecule has 2 heteroatoms. The molecule has 2 N–H and O–H groups in total. The maximum Gasteiger partial charge on any atom is 0.123 e. The van der Waals surface area contributed by atoms with Gasteiger partial charge in [0.05, 0.1) is 0 Å². The predicted octanol–water partition coefficient (Wildman–Crippen LogP) is 2.91. The molecular formula is C12H18FN. The quantitative estimate of drug-likeness (QED) is 0.785. The van der Waals surface area contributed by atoms with Crippen molar-refractivity contribution in [3.8, 4) is 0 Å². The minimum absolute atomic E-state index is 0.162. The van der Waals surface area contributed by atoms with E-state index in [9.17, 15) is 4.39 Å². The van der Waals surface area contributed by atoms with Crippen LogP contribution in [0.15, 0.2) is 24.3 Å². The van der Waals surface area contributed by atoms with E-state index >= 15 is 0 Å². The van der Waals surface area contributed by atoms with Crippen LogP contribution in [-0.4, -0.2) is 6.54 Å². The monoisotopic (exact) mass is 195 g/mol. The summed E-state index contributed by atoms with van der Waals surface area (Å²) < 4.78 is 13.0. The van der Waals surface area contributed by atoms with Crippen LogP contribution >= 0.6 is 0 Å². The molecular weight excluding hydrogens is 177 g/mol. The van der Waals surface area contributed by atoms with Gasteiger partial charge in [-0.3, -0.25) is 0 Å². The van der Waals surface area contributed by atoms with E-state index in [0.29, 0.717) is 18.4 Å². The van der Waals surface area contributed by atoms with Crippen LogP contribution in [0.1, 0.15) is 31.7 Å². The van der Waals surface area contributed by atoms with Gasteiger partial charge in [0.2, 0.25) is 0 Å². The minimum atomic E-state index is -0.162. The molecule has 1 atom stereocenters. The molecule has 1 nitrogen and oxygen atoms in total. The Morgan fingerprint density at radius 2 is 2.07 bits per heavy atom. The SMILES string of the molecule is CC(C)C(CCN)c1cccc(F)c1. The van der Waals surface area contributed by atoms with E-state index in [-0.39, 0.29) is 5.82 Å². The first-order chi connectivity index (χ1) is 6.65. The molecule has 0 aliphatic carbocycles. The maximum atomic E-state index is 13.0. The van der Waals surface area contributed by atoms with E-state index in [0.717, 1.165) is 12.0 Å². The number of nitrogens with two attached hydrogens (primary N) is 1. The van der Waals surface area contributed by atoms with Crippen molar-refractivity contribution in [1.29, 1.82) is 0 Å². The van der Waals surface area contributed by atoms with Crippen LogP contribution in [0.3, 0.4) is 0 Å². The molecule has 1 unspecified atom stereocenters. The van der Waals surface area contributed by atoms with Crippen molar-refractivity contribution >= 4 is 0 Å². The van der Waals surface area contributed by atoms with Crippen LogP contribution in [0, 0.1) is 11.7 Å². The van der Waals surface area contributed by atoms with Gasteiger partial charge in [0, 0.05) is 0 Å². The summed E-state index contributed by atoms with van der Waals surface area (Å²) in [6, 6.07) is 6.82. The summed E-state index contributed by atoms with van der Waals surface area (Å²) in [6.07, 6.45) is 0.918. The second-order valence-electron chi connectivity index (χ2n) is 3.98. The Hall–Kier alpha value is -0.890. The zero-order chi connectivity index (χ0) is 10.6. The molecule has 78 valence electrons. The predicted molar refractivity (Wildman–Crippen MR) is 57.7 cm³/mol. The lowest BCUT2D eigenvalue weighted by Crippen LogP contribution is -2.12. The standard InChI is InChI=1S/C12H18FN/c1-9(2)12(6-7-14)10-4-3-5-11(13)8-10/h3-5,8-9,12H,6-7,14H2,1-2H3. The normalized spacial score (nSPS) is 13.2. The fraction of sp³-hybridized carbons (Fsp3) is 0.500. The lowest BCUT2D eigenvalue weighted by atomic mass is 9.86. The van der Waals surface area contributed by atoms with E-state index in [1.54, 1.807) is 12.1 Å². The molecule has 1 aromatic carbocycles. The summed E-state index contributed by atoms with van der Waals surface area (Å²) in [5.41, 5.74) is 6.61. The van der Waals surface area contributed by atoms with Crippen molar-refractivity contribution in [2.24, 2.45) is 11.7 Å². The molecule has 0 fully saturated rings. The van der Waals surface area contributed by atoms with Gasteiger partial charge in [0.25, 0.3) is 0 Å². The molecule has 0 radical (unpaired) electrons. The average Bonchev–Trinajstić information content (AvgIpc) is 2.13. The molecule has 0 aliphatic rings. The van der Waals surface area contributed by atoms with Crippen LogP contribution in [0.5, 0.6) is 0 Å². The molecule has 0 saturated carbocycles. The molecule has 14 heavy (non-hydrogen) atoms. The lowest BCUT2D eigenvalue weighted by molar-refractivity contribution is 0.470. The summed E-state index contributed by atoms with van der Waals surface area (Å²) in [6.45, 7) is 4.94. The van der Waals surface area contributed by atoms with E-state index in [1.165, 1.54) is 6.07 Å². The highest BCUT2D eigenvalue weighted by atomic mass is 19.1. The van der Waals surface area contributed by atoms with Crippen molar-refractivity contribution in [2.45, 2.75) is 26.2 Å². The summed E-state index contributed by atoms with van der Waals surface area (Å²) >= 11 is 0. The third kappa shape index (κ3) is 2.81. The summed E-state index contributed by atoms with van der Waals surface area (Å²) in [5.74, 6) is 0.709. The minimum Gasteiger partial charge on any atom is -0.330 e. The molecule has 1 rings (SSSR count). The van der Waals surface area contributed by atoms with Crippen LogP contribution in [0.4, 0.5) is 4.39 Å². The van der Waals surface area contributed by atoms with Gasteiger partial charge in [-0.05, 0) is 42.5 Å². The highest BCUT2D eigenvalue weighted by Gasteiger charge is 2.14. The molecule has 0 spiro atoms. The zero-order valence-corrected chi connectivity index (χ0v) is 8.83. The van der Waals surface area contributed by atoms with Crippen molar-refractivity contribution in [3.63, 3.8) is 0 Å². The van der Waals surface area contributed by atoms with Crippen molar-refractivity contribution in [2.75, 3.05) is 6.54 Å². The second-order valence-corrected chi connectivity index (χ2v) is 3.98. The third-order valence-electron chi connectivity index (χ3n) is 2.56. The molecule has 0 bridgehead atoms. The van der Waals surface area contributed by atoms with Crippen LogP contribution < -0.4 is 5.73 Å². The average molecular weight is 195 g/mol. The first-order valence-corrected chi connectivity index (χ1v) is 5.10. The van der Waals surface area contributed by atoms with E-state index < -0.39 is 0 Å². The first kappa shape index (κ1) is 11.2. The van der Waals surface area contributed by atoms with Gasteiger partial charge in [-0.1, -0.05) is 26.0 Å². The largest absolute Gasteiger partial charge is 0.330 e. The Morgan fingerprint density at radius 3 is 2.57 bits per heavy atom. The number of hydrogen-bond acceptors (Lipinski definition) is 1. The highest BCUT2D eigenvalue weighted by Crippen LogP contribution is 2.27. The third-order valence-corrected chi connectivity index (χ3v) is 2.56. The Bertz CT molecular complexity index is 283. The van der Waals surface area contributed by atoms with Crippen LogP contribution in [-0.2, 0) is 0 Å². The van der Waals surface area contributed by atoms with Crippen molar-refractivity contribution < 1.29 is 4.39 Å². The Kier molecular flexibility index (Phi) is 4.08. The van der Waals surface area contributed by atoms with Crippen LogP contribution in [0.25, 0.3) is 0 Å².